The molecule has 3 rings (SSSR count). The molecule has 6 nitrogen and oxygen atoms in total. The number of rotatable bonds is 2. The van der Waals surface area contributed by atoms with E-state index in [9.17, 15) is 9.59 Å². The van der Waals surface area contributed by atoms with Gasteiger partial charge in [0.15, 0.2) is 0 Å². The standard InChI is InChI=1S/C19H18N4O2/c1-13-9-7-8-12-16(13)18(24)21-17-19(25)20-14(2)23(22(17)3)15-10-5-4-6-11-15/h4-12H,1-3H3. The van der Waals surface area contributed by atoms with Crippen molar-refractivity contribution in [3.05, 3.63) is 87.4 Å². The fraction of sp³-hybridized carbons (Fsp3) is 0.158. The topological polar surface area (TPSA) is 69.2 Å². The summed E-state index contributed by atoms with van der Waals surface area (Å²) >= 11 is 0. The molecular formula is C19H18N4O2. The molecule has 0 aliphatic rings. The van der Waals surface area contributed by atoms with Gasteiger partial charge in [0.1, 0.15) is 5.82 Å². The molecule has 0 saturated heterocycles. The van der Waals surface area contributed by atoms with Crippen LogP contribution in [-0.2, 0) is 7.05 Å². The lowest BCUT2D eigenvalue weighted by molar-refractivity contribution is 0.0995. The summed E-state index contributed by atoms with van der Waals surface area (Å²) in [6.45, 7) is 3.57. The van der Waals surface area contributed by atoms with Crippen LogP contribution in [0.3, 0.4) is 0 Å². The molecule has 0 saturated carbocycles. The monoisotopic (exact) mass is 334 g/mol. The van der Waals surface area contributed by atoms with Crippen molar-refractivity contribution in [1.29, 1.82) is 0 Å². The molecule has 0 radical (unpaired) electrons. The number of hydrogen-bond acceptors (Lipinski definition) is 3. The predicted molar refractivity (Wildman–Crippen MR) is 94.6 cm³/mol. The van der Waals surface area contributed by atoms with Crippen LogP contribution in [-0.4, -0.2) is 20.3 Å². The van der Waals surface area contributed by atoms with Crippen LogP contribution >= 0.6 is 0 Å². The molecule has 0 aliphatic carbocycles. The molecule has 126 valence electrons. The van der Waals surface area contributed by atoms with Crippen LogP contribution in [0.5, 0.6) is 0 Å². The SMILES string of the molecule is Cc1ccccc1C(=O)N=c1c(=O)nc(C)n(-c2ccccc2)n1C. The van der Waals surface area contributed by atoms with Gasteiger partial charge in [-0.3, -0.25) is 14.3 Å². The molecule has 0 unspecified atom stereocenters. The Labute approximate surface area is 144 Å². The summed E-state index contributed by atoms with van der Waals surface area (Å²) in [6, 6.07) is 16.6. The van der Waals surface area contributed by atoms with Crippen molar-refractivity contribution in [3.8, 4) is 5.69 Å². The van der Waals surface area contributed by atoms with E-state index in [1.807, 2.05) is 49.4 Å². The smallest absolute Gasteiger partial charge is 0.267 e. The van der Waals surface area contributed by atoms with Gasteiger partial charge < -0.3 is 0 Å². The molecule has 0 bridgehead atoms. The maximum Gasteiger partial charge on any atom is 0.316 e. The number of carbonyl (C=O) groups excluding carboxylic acids is 1. The molecule has 1 amide bonds. The molecule has 1 aromatic heterocycles. The zero-order valence-corrected chi connectivity index (χ0v) is 14.3. The predicted octanol–water partition coefficient (Wildman–Crippen LogP) is 1.93. The number of nitrogens with zero attached hydrogens (tertiary/aromatic N) is 4. The first kappa shape index (κ1) is 16.6. The van der Waals surface area contributed by atoms with Crippen LogP contribution in [0.1, 0.15) is 21.7 Å². The van der Waals surface area contributed by atoms with Gasteiger partial charge in [0.05, 0.1) is 5.69 Å². The minimum atomic E-state index is -0.533. The Morgan fingerprint density at radius 2 is 1.64 bits per heavy atom. The van der Waals surface area contributed by atoms with Crippen molar-refractivity contribution >= 4 is 5.91 Å². The summed E-state index contributed by atoms with van der Waals surface area (Å²) in [5, 5.41) is 0. The zero-order chi connectivity index (χ0) is 18.0. The van der Waals surface area contributed by atoms with E-state index in [0.29, 0.717) is 11.4 Å². The number of amides is 1. The molecule has 0 atom stereocenters. The van der Waals surface area contributed by atoms with Crippen molar-refractivity contribution in [3.63, 3.8) is 0 Å². The second-order valence-electron chi connectivity index (χ2n) is 5.69. The quantitative estimate of drug-likeness (QED) is 0.719. The Morgan fingerprint density at radius 3 is 2.32 bits per heavy atom. The zero-order valence-electron chi connectivity index (χ0n) is 14.3. The number of benzene rings is 2. The van der Waals surface area contributed by atoms with Crippen LogP contribution in [0.25, 0.3) is 5.69 Å². The molecule has 1 heterocycles. The minimum Gasteiger partial charge on any atom is -0.267 e. The summed E-state index contributed by atoms with van der Waals surface area (Å²) in [6.07, 6.45) is 0. The van der Waals surface area contributed by atoms with Crippen LogP contribution < -0.4 is 11.0 Å². The lowest BCUT2D eigenvalue weighted by Gasteiger charge is -2.15. The van der Waals surface area contributed by atoms with Gasteiger partial charge in [0.25, 0.3) is 5.91 Å². The maximum atomic E-state index is 12.5. The van der Waals surface area contributed by atoms with Crippen LogP contribution in [0.15, 0.2) is 64.4 Å². The highest BCUT2D eigenvalue weighted by atomic mass is 16.2. The van der Waals surface area contributed by atoms with E-state index in [2.05, 4.69) is 9.98 Å². The van der Waals surface area contributed by atoms with E-state index in [1.165, 1.54) is 0 Å². The van der Waals surface area contributed by atoms with E-state index in [-0.39, 0.29) is 5.49 Å². The van der Waals surface area contributed by atoms with Gasteiger partial charge in [-0.05, 0) is 37.6 Å². The molecular weight excluding hydrogens is 316 g/mol. The van der Waals surface area contributed by atoms with E-state index < -0.39 is 11.5 Å². The molecule has 6 heteroatoms. The van der Waals surface area contributed by atoms with E-state index >= 15 is 0 Å². The average molecular weight is 334 g/mol. The van der Waals surface area contributed by atoms with Crippen LogP contribution in [0, 0.1) is 13.8 Å². The second kappa shape index (κ2) is 6.68. The first-order valence-electron chi connectivity index (χ1n) is 7.86. The number of carbonyl (C=O) groups is 1. The van der Waals surface area contributed by atoms with Gasteiger partial charge >= 0.3 is 5.56 Å². The van der Waals surface area contributed by atoms with Gasteiger partial charge in [-0.1, -0.05) is 36.4 Å². The second-order valence-corrected chi connectivity index (χ2v) is 5.69. The van der Waals surface area contributed by atoms with Gasteiger partial charge in [0, 0.05) is 12.6 Å². The lowest BCUT2D eigenvalue weighted by atomic mass is 10.1. The molecule has 0 spiro atoms. The Kier molecular flexibility index (Phi) is 4.43. The largest absolute Gasteiger partial charge is 0.316 e. The van der Waals surface area contributed by atoms with Crippen molar-refractivity contribution in [1.82, 2.24) is 14.3 Å². The maximum absolute atomic E-state index is 12.5. The summed E-state index contributed by atoms with van der Waals surface area (Å²) in [5.41, 5.74) is 1.56. The highest BCUT2D eigenvalue weighted by Crippen LogP contribution is 2.08. The molecule has 3 aromatic rings. The van der Waals surface area contributed by atoms with Crippen LogP contribution in [0.4, 0.5) is 0 Å². The third-order valence-electron chi connectivity index (χ3n) is 3.95. The average Bonchev–Trinajstić information content (AvgIpc) is 2.59. The third kappa shape index (κ3) is 3.19. The number of para-hydroxylation sites is 1. The normalized spacial score (nSPS) is 11.6. The molecule has 0 aliphatic heterocycles. The number of aromatic nitrogens is 3. The highest BCUT2D eigenvalue weighted by Gasteiger charge is 2.11. The third-order valence-corrected chi connectivity index (χ3v) is 3.95. The van der Waals surface area contributed by atoms with Crippen molar-refractivity contribution < 1.29 is 4.79 Å². The molecule has 2 aromatic carbocycles. The van der Waals surface area contributed by atoms with Gasteiger partial charge in [-0.15, -0.1) is 0 Å². The summed E-state index contributed by atoms with van der Waals surface area (Å²) in [7, 11) is 1.69. The van der Waals surface area contributed by atoms with Gasteiger partial charge in [-0.2, -0.15) is 9.98 Å². The van der Waals surface area contributed by atoms with Gasteiger partial charge in [-0.25, -0.2) is 4.68 Å². The van der Waals surface area contributed by atoms with Crippen molar-refractivity contribution in [2.75, 3.05) is 0 Å². The first-order chi connectivity index (χ1) is 12.0. The molecule has 25 heavy (non-hydrogen) atoms. The molecule has 0 fully saturated rings. The van der Waals surface area contributed by atoms with E-state index in [1.54, 1.807) is 35.5 Å². The summed E-state index contributed by atoms with van der Waals surface area (Å²) in [5.74, 6) is 0.0528. The van der Waals surface area contributed by atoms with E-state index in [0.717, 1.165) is 11.3 Å². The fourth-order valence-electron chi connectivity index (χ4n) is 2.71. The van der Waals surface area contributed by atoms with Crippen molar-refractivity contribution in [2.24, 2.45) is 12.0 Å². The van der Waals surface area contributed by atoms with Gasteiger partial charge in [0.2, 0.25) is 5.49 Å². The first-order valence-corrected chi connectivity index (χ1v) is 7.86. The summed E-state index contributed by atoms with van der Waals surface area (Å²) in [4.78, 5) is 32.9. The highest BCUT2D eigenvalue weighted by molar-refractivity contribution is 5.96. The number of hydrogen-bond donors (Lipinski definition) is 0. The minimum absolute atomic E-state index is 0.0114. The van der Waals surface area contributed by atoms with E-state index in [4.69, 9.17) is 0 Å². The number of aryl methyl sites for hydroxylation is 2. The Balaban J connectivity index is 2.22. The Morgan fingerprint density at radius 1 is 1.00 bits per heavy atom. The fourth-order valence-corrected chi connectivity index (χ4v) is 2.71. The van der Waals surface area contributed by atoms with Crippen LogP contribution in [0.2, 0.25) is 0 Å². The van der Waals surface area contributed by atoms with Crippen molar-refractivity contribution in [2.45, 2.75) is 13.8 Å². The molecule has 0 N–H and O–H groups in total. The Hall–Kier alpha value is -3.28. The summed E-state index contributed by atoms with van der Waals surface area (Å²) < 4.78 is 3.29. The lowest BCUT2D eigenvalue weighted by Crippen LogP contribution is -2.43. The Bertz CT molecular complexity index is 1060.